The summed E-state index contributed by atoms with van der Waals surface area (Å²) in [6, 6.07) is 0. The van der Waals surface area contributed by atoms with Gasteiger partial charge in [0.15, 0.2) is 0 Å². The van der Waals surface area contributed by atoms with Gasteiger partial charge >= 0.3 is 0 Å². The maximum atomic E-state index is 13.1. The zero-order chi connectivity index (χ0) is 24.7. The first-order valence-corrected chi connectivity index (χ1v) is 13.2. The molecule has 1 heterocycles. The lowest BCUT2D eigenvalue weighted by molar-refractivity contribution is -0.128. The van der Waals surface area contributed by atoms with E-state index < -0.39 is 24.2 Å². The molecule has 2 unspecified atom stereocenters. The first-order chi connectivity index (χ1) is 16.0. The Morgan fingerprint density at radius 1 is 1.15 bits per heavy atom. The van der Waals surface area contributed by atoms with Crippen LogP contribution in [0.3, 0.4) is 0 Å². The SMILES string of the molecule is C=C1/C(=C\C=C2/CCC[C@]3(C)[C@@H]([C@@H](C)CN4CCC(O)(C(F)F)CC4)CC[C@@H]23)CC(O)CC1O. The second-order valence-electron chi connectivity index (χ2n) is 11.8. The molecule has 1 saturated heterocycles. The van der Waals surface area contributed by atoms with Gasteiger partial charge in [-0.25, -0.2) is 8.78 Å². The largest absolute Gasteiger partial charge is 0.393 e. The number of aliphatic hydroxyl groups excluding tert-OH is 2. The van der Waals surface area contributed by atoms with E-state index >= 15 is 0 Å². The van der Waals surface area contributed by atoms with E-state index in [9.17, 15) is 24.1 Å². The van der Waals surface area contributed by atoms with Crippen molar-refractivity contribution in [3.05, 3.63) is 35.5 Å². The lowest BCUT2D eigenvalue weighted by Gasteiger charge is -2.46. The molecule has 0 aromatic heterocycles. The van der Waals surface area contributed by atoms with Crippen LogP contribution in [0.15, 0.2) is 35.5 Å². The summed E-state index contributed by atoms with van der Waals surface area (Å²) in [6.07, 6.45) is 7.57. The zero-order valence-corrected chi connectivity index (χ0v) is 20.9. The Morgan fingerprint density at radius 2 is 1.85 bits per heavy atom. The summed E-state index contributed by atoms with van der Waals surface area (Å²) in [6.45, 7) is 10.8. The Kier molecular flexibility index (Phi) is 7.74. The van der Waals surface area contributed by atoms with Gasteiger partial charge < -0.3 is 20.2 Å². The smallest absolute Gasteiger partial charge is 0.266 e. The highest BCUT2D eigenvalue weighted by molar-refractivity contribution is 5.38. The van der Waals surface area contributed by atoms with Gasteiger partial charge in [-0.2, -0.15) is 0 Å². The van der Waals surface area contributed by atoms with Gasteiger partial charge in [-0.05, 0) is 85.7 Å². The van der Waals surface area contributed by atoms with Gasteiger partial charge in [0, 0.05) is 26.1 Å². The van der Waals surface area contributed by atoms with Gasteiger partial charge in [0.2, 0.25) is 0 Å². The number of rotatable bonds is 5. The van der Waals surface area contributed by atoms with Gasteiger partial charge in [0.05, 0.1) is 12.2 Å². The molecule has 192 valence electrons. The summed E-state index contributed by atoms with van der Waals surface area (Å²) in [5.41, 5.74) is 1.61. The fourth-order valence-electron chi connectivity index (χ4n) is 7.55. The zero-order valence-electron chi connectivity index (χ0n) is 20.9. The molecule has 6 atom stereocenters. The maximum Gasteiger partial charge on any atom is 0.266 e. The summed E-state index contributed by atoms with van der Waals surface area (Å²) < 4.78 is 26.3. The minimum Gasteiger partial charge on any atom is -0.393 e. The average Bonchev–Trinajstić information content (AvgIpc) is 3.14. The number of hydrogen-bond acceptors (Lipinski definition) is 4. The Hall–Kier alpha value is -1.08. The first-order valence-electron chi connectivity index (χ1n) is 13.2. The second-order valence-corrected chi connectivity index (χ2v) is 11.8. The number of alkyl halides is 2. The molecule has 0 bridgehead atoms. The van der Waals surface area contributed by atoms with Crippen molar-refractivity contribution in [2.75, 3.05) is 19.6 Å². The van der Waals surface area contributed by atoms with Crippen molar-refractivity contribution in [3.8, 4) is 0 Å². The maximum absolute atomic E-state index is 13.1. The normalized spacial score (nSPS) is 40.2. The van der Waals surface area contributed by atoms with E-state index in [4.69, 9.17) is 0 Å². The summed E-state index contributed by atoms with van der Waals surface area (Å²) in [4.78, 5) is 2.27. The van der Waals surface area contributed by atoms with Crippen LogP contribution in [0.1, 0.15) is 71.6 Å². The molecule has 1 aliphatic heterocycles. The summed E-state index contributed by atoms with van der Waals surface area (Å²) in [7, 11) is 0. The van der Waals surface area contributed by atoms with Crippen molar-refractivity contribution in [2.24, 2.45) is 23.2 Å². The molecule has 0 spiro atoms. The molecule has 3 saturated carbocycles. The van der Waals surface area contributed by atoms with E-state index in [-0.39, 0.29) is 18.3 Å². The van der Waals surface area contributed by atoms with Crippen LogP contribution in [0.5, 0.6) is 0 Å². The summed E-state index contributed by atoms with van der Waals surface area (Å²) >= 11 is 0. The predicted octanol–water partition coefficient (Wildman–Crippen LogP) is 4.86. The highest BCUT2D eigenvalue weighted by Gasteiger charge is 2.51. The molecule has 0 radical (unpaired) electrons. The average molecular weight is 480 g/mol. The van der Waals surface area contributed by atoms with Gasteiger partial charge in [-0.15, -0.1) is 0 Å². The molecule has 4 aliphatic rings. The van der Waals surface area contributed by atoms with Crippen LogP contribution >= 0.6 is 0 Å². The van der Waals surface area contributed by atoms with Gasteiger partial charge in [0.1, 0.15) is 5.60 Å². The van der Waals surface area contributed by atoms with E-state index in [0.29, 0.717) is 43.7 Å². The van der Waals surface area contributed by atoms with Crippen LogP contribution in [-0.4, -0.2) is 64.1 Å². The molecule has 6 heteroatoms. The molecule has 4 rings (SSSR count). The Labute approximate surface area is 203 Å². The van der Waals surface area contributed by atoms with Gasteiger partial charge in [-0.3, -0.25) is 0 Å². The molecule has 3 N–H and O–H groups in total. The number of likely N-dealkylation sites (tertiary alicyclic amines) is 1. The van der Waals surface area contributed by atoms with Gasteiger partial charge in [-0.1, -0.05) is 38.2 Å². The Morgan fingerprint density at radius 3 is 2.53 bits per heavy atom. The predicted molar refractivity (Wildman–Crippen MR) is 131 cm³/mol. The lowest BCUT2D eigenvalue weighted by atomic mass is 9.61. The van der Waals surface area contributed by atoms with Crippen LogP contribution in [0.25, 0.3) is 0 Å². The van der Waals surface area contributed by atoms with E-state index in [2.05, 4.69) is 37.5 Å². The highest BCUT2D eigenvalue weighted by atomic mass is 19.3. The highest BCUT2D eigenvalue weighted by Crippen LogP contribution is 2.59. The number of fused-ring (bicyclic) bond motifs is 1. The minimum atomic E-state index is -2.67. The third-order valence-electron chi connectivity index (χ3n) is 9.66. The topological polar surface area (TPSA) is 63.9 Å². The van der Waals surface area contributed by atoms with Crippen molar-refractivity contribution >= 4 is 0 Å². The number of allylic oxidation sites excluding steroid dienone is 3. The standard InChI is InChI=1S/C28H43F2NO3/c1-18(17-31-13-11-28(34,12-14-31)26(29)30)23-8-9-24-20(5-4-10-27(23,24)3)6-7-21-15-22(32)16-25(33)19(21)2/h6-7,18,22-26,32-34H,2,4-5,8-17H2,1,3H3/b20-6+,21-7-/t18-,22?,23+,24-,25?,27+/m0/s1. The lowest BCUT2D eigenvalue weighted by Crippen LogP contribution is -2.50. The monoisotopic (exact) mass is 479 g/mol. The van der Waals surface area contributed by atoms with E-state index in [1.165, 1.54) is 31.3 Å². The number of hydrogen-bond donors (Lipinski definition) is 3. The van der Waals surface area contributed by atoms with Crippen LogP contribution < -0.4 is 0 Å². The summed E-state index contributed by atoms with van der Waals surface area (Å²) in [5, 5.41) is 30.3. The molecule has 0 amide bonds. The number of halogens is 2. The van der Waals surface area contributed by atoms with E-state index in [1.807, 2.05) is 0 Å². The Balaban J connectivity index is 1.42. The first kappa shape index (κ1) is 26.0. The molecule has 0 aromatic carbocycles. The molecule has 4 nitrogen and oxygen atoms in total. The fourth-order valence-corrected chi connectivity index (χ4v) is 7.55. The third kappa shape index (κ3) is 5.07. The molecular weight excluding hydrogens is 436 g/mol. The van der Waals surface area contributed by atoms with Crippen molar-refractivity contribution in [2.45, 2.75) is 95.9 Å². The molecular formula is C28H43F2NO3. The Bertz CT molecular complexity index is 816. The van der Waals surface area contributed by atoms with Crippen molar-refractivity contribution in [3.63, 3.8) is 0 Å². The minimum absolute atomic E-state index is 0.151. The van der Waals surface area contributed by atoms with Crippen molar-refractivity contribution in [1.82, 2.24) is 4.90 Å². The van der Waals surface area contributed by atoms with E-state index in [1.54, 1.807) is 0 Å². The molecule has 0 aromatic rings. The number of piperidine rings is 1. The quantitative estimate of drug-likeness (QED) is 0.527. The number of nitrogens with zero attached hydrogens (tertiary/aromatic N) is 1. The third-order valence-corrected chi connectivity index (χ3v) is 9.66. The van der Waals surface area contributed by atoms with Crippen LogP contribution in [0.2, 0.25) is 0 Å². The van der Waals surface area contributed by atoms with Crippen molar-refractivity contribution < 1.29 is 24.1 Å². The molecule has 4 fully saturated rings. The second kappa shape index (κ2) is 10.1. The molecule has 3 aliphatic carbocycles. The summed E-state index contributed by atoms with van der Waals surface area (Å²) in [5.74, 6) is 1.62. The van der Waals surface area contributed by atoms with Crippen LogP contribution in [-0.2, 0) is 0 Å². The van der Waals surface area contributed by atoms with E-state index in [0.717, 1.165) is 24.1 Å². The van der Waals surface area contributed by atoms with Crippen LogP contribution in [0.4, 0.5) is 8.78 Å². The van der Waals surface area contributed by atoms with Crippen LogP contribution in [0, 0.1) is 23.2 Å². The van der Waals surface area contributed by atoms with Crippen molar-refractivity contribution in [1.29, 1.82) is 0 Å². The fraction of sp³-hybridized carbons (Fsp3) is 0.786. The number of aliphatic hydroxyl groups is 3. The molecule has 34 heavy (non-hydrogen) atoms. The van der Waals surface area contributed by atoms with Gasteiger partial charge in [0.25, 0.3) is 6.43 Å².